The summed E-state index contributed by atoms with van der Waals surface area (Å²) >= 11 is 0. The monoisotopic (exact) mass is 254 g/mol. The largest absolute Gasteiger partial charge is 0.368 e. The first-order valence-electron chi connectivity index (χ1n) is 6.67. The minimum absolute atomic E-state index is 0.323. The SMILES string of the molecule is CC(NC1CC1)(C(N)=O)c1cccc2ccccc12. The molecule has 98 valence electrons. The molecule has 1 aliphatic rings. The Morgan fingerprint density at radius 1 is 1.21 bits per heavy atom. The Labute approximate surface area is 112 Å². The van der Waals surface area contributed by atoms with Crippen LogP contribution in [-0.2, 0) is 10.3 Å². The fourth-order valence-electron chi connectivity index (χ4n) is 2.58. The van der Waals surface area contributed by atoms with Crippen molar-refractivity contribution < 1.29 is 4.79 Å². The van der Waals surface area contributed by atoms with Crippen molar-refractivity contribution in [2.75, 3.05) is 0 Å². The predicted molar refractivity (Wildman–Crippen MR) is 76.7 cm³/mol. The molecule has 1 atom stereocenters. The molecule has 2 aromatic carbocycles. The second-order valence-electron chi connectivity index (χ2n) is 5.43. The topological polar surface area (TPSA) is 55.1 Å². The van der Waals surface area contributed by atoms with Gasteiger partial charge in [-0.15, -0.1) is 0 Å². The van der Waals surface area contributed by atoms with Crippen LogP contribution in [0, 0.1) is 0 Å². The van der Waals surface area contributed by atoms with Crippen molar-refractivity contribution in [2.24, 2.45) is 5.73 Å². The molecule has 0 spiro atoms. The Morgan fingerprint density at radius 2 is 1.89 bits per heavy atom. The fourth-order valence-corrected chi connectivity index (χ4v) is 2.58. The van der Waals surface area contributed by atoms with Crippen molar-refractivity contribution in [3.8, 4) is 0 Å². The van der Waals surface area contributed by atoms with Crippen LogP contribution in [-0.4, -0.2) is 11.9 Å². The Hall–Kier alpha value is -1.87. The lowest BCUT2D eigenvalue weighted by Crippen LogP contribution is -2.51. The summed E-state index contributed by atoms with van der Waals surface area (Å²) < 4.78 is 0. The highest BCUT2D eigenvalue weighted by Crippen LogP contribution is 2.32. The van der Waals surface area contributed by atoms with E-state index in [0.29, 0.717) is 6.04 Å². The van der Waals surface area contributed by atoms with Crippen LogP contribution in [0.2, 0.25) is 0 Å². The molecular weight excluding hydrogens is 236 g/mol. The number of fused-ring (bicyclic) bond motifs is 1. The molecule has 1 fully saturated rings. The van der Waals surface area contributed by atoms with Gasteiger partial charge in [0.05, 0.1) is 0 Å². The van der Waals surface area contributed by atoms with Gasteiger partial charge in [-0.2, -0.15) is 0 Å². The van der Waals surface area contributed by atoms with Gasteiger partial charge in [-0.1, -0.05) is 42.5 Å². The first-order valence-corrected chi connectivity index (χ1v) is 6.67. The third kappa shape index (κ3) is 2.10. The zero-order valence-electron chi connectivity index (χ0n) is 11.0. The summed E-state index contributed by atoms with van der Waals surface area (Å²) in [4.78, 5) is 12.0. The molecule has 2 aromatic rings. The average molecular weight is 254 g/mol. The van der Waals surface area contributed by atoms with E-state index < -0.39 is 5.54 Å². The summed E-state index contributed by atoms with van der Waals surface area (Å²) in [6.07, 6.45) is 2.24. The van der Waals surface area contributed by atoms with Crippen LogP contribution in [0.4, 0.5) is 0 Å². The third-order valence-corrected chi connectivity index (χ3v) is 3.89. The van der Waals surface area contributed by atoms with Crippen LogP contribution in [0.15, 0.2) is 42.5 Å². The molecule has 1 amide bonds. The molecule has 0 radical (unpaired) electrons. The van der Waals surface area contributed by atoms with Crippen LogP contribution in [0.5, 0.6) is 0 Å². The molecule has 3 heteroatoms. The van der Waals surface area contributed by atoms with Crippen LogP contribution in [0.3, 0.4) is 0 Å². The highest BCUT2D eigenvalue weighted by Gasteiger charge is 2.39. The highest BCUT2D eigenvalue weighted by molar-refractivity contribution is 5.94. The Bertz CT molecular complexity index is 628. The fraction of sp³-hybridized carbons (Fsp3) is 0.312. The summed E-state index contributed by atoms with van der Waals surface area (Å²) in [6, 6.07) is 14.5. The second-order valence-corrected chi connectivity index (χ2v) is 5.43. The molecule has 1 saturated carbocycles. The van der Waals surface area contributed by atoms with E-state index in [1.807, 2.05) is 37.3 Å². The minimum Gasteiger partial charge on any atom is -0.368 e. The lowest BCUT2D eigenvalue weighted by atomic mass is 9.87. The summed E-state index contributed by atoms with van der Waals surface area (Å²) in [6.45, 7) is 1.88. The zero-order chi connectivity index (χ0) is 13.5. The van der Waals surface area contributed by atoms with Gasteiger partial charge in [-0.3, -0.25) is 10.1 Å². The van der Waals surface area contributed by atoms with Crippen LogP contribution < -0.4 is 11.1 Å². The zero-order valence-corrected chi connectivity index (χ0v) is 11.0. The number of carbonyl (C=O) groups excluding carboxylic acids is 1. The first kappa shape index (κ1) is 12.2. The summed E-state index contributed by atoms with van der Waals surface area (Å²) in [5.74, 6) is -0.323. The highest BCUT2D eigenvalue weighted by atomic mass is 16.1. The molecule has 1 aliphatic carbocycles. The second kappa shape index (κ2) is 4.35. The standard InChI is InChI=1S/C16H18N2O/c1-16(15(17)19,18-12-9-10-12)14-8-4-6-11-5-2-3-7-13(11)14/h2-8,12,18H,9-10H2,1H3,(H2,17,19). The number of nitrogens with two attached hydrogens (primary N) is 1. The Balaban J connectivity index is 2.16. The van der Waals surface area contributed by atoms with E-state index in [1.54, 1.807) is 0 Å². The van der Waals surface area contributed by atoms with Crippen molar-refractivity contribution in [1.29, 1.82) is 0 Å². The maximum Gasteiger partial charge on any atom is 0.242 e. The van der Waals surface area contributed by atoms with Gasteiger partial charge >= 0.3 is 0 Å². The number of primary amides is 1. The number of hydrogen-bond acceptors (Lipinski definition) is 2. The number of nitrogens with one attached hydrogen (secondary N) is 1. The van der Waals surface area contributed by atoms with E-state index in [4.69, 9.17) is 5.73 Å². The number of amides is 1. The van der Waals surface area contributed by atoms with Crippen LogP contribution >= 0.6 is 0 Å². The Morgan fingerprint density at radius 3 is 2.58 bits per heavy atom. The number of benzene rings is 2. The van der Waals surface area contributed by atoms with Gasteiger partial charge in [0, 0.05) is 6.04 Å². The lowest BCUT2D eigenvalue weighted by Gasteiger charge is -2.29. The normalized spacial score (nSPS) is 18.2. The maximum atomic E-state index is 12.0. The quantitative estimate of drug-likeness (QED) is 0.879. The van der Waals surface area contributed by atoms with Gasteiger partial charge < -0.3 is 5.73 Å². The summed E-state index contributed by atoms with van der Waals surface area (Å²) in [7, 11) is 0. The number of rotatable bonds is 4. The number of carbonyl (C=O) groups is 1. The predicted octanol–water partition coefficient (Wildman–Crippen LogP) is 2.29. The molecule has 3 N–H and O–H groups in total. The van der Waals surface area contributed by atoms with E-state index in [0.717, 1.165) is 29.2 Å². The van der Waals surface area contributed by atoms with Gasteiger partial charge in [0.25, 0.3) is 0 Å². The molecule has 0 aromatic heterocycles. The van der Waals surface area contributed by atoms with Crippen molar-refractivity contribution in [2.45, 2.75) is 31.3 Å². The van der Waals surface area contributed by atoms with Crippen LogP contribution in [0.1, 0.15) is 25.3 Å². The van der Waals surface area contributed by atoms with Gasteiger partial charge in [0.2, 0.25) is 5.91 Å². The molecule has 3 rings (SSSR count). The molecule has 0 bridgehead atoms. The number of hydrogen-bond donors (Lipinski definition) is 2. The average Bonchev–Trinajstić information content (AvgIpc) is 3.21. The van der Waals surface area contributed by atoms with Gasteiger partial charge in [-0.05, 0) is 36.1 Å². The van der Waals surface area contributed by atoms with Crippen molar-refractivity contribution >= 4 is 16.7 Å². The molecule has 1 unspecified atom stereocenters. The smallest absolute Gasteiger partial charge is 0.242 e. The summed E-state index contributed by atoms with van der Waals surface area (Å²) in [5.41, 5.74) is 5.83. The molecule has 19 heavy (non-hydrogen) atoms. The van der Waals surface area contributed by atoms with E-state index >= 15 is 0 Å². The van der Waals surface area contributed by atoms with Crippen molar-refractivity contribution in [3.63, 3.8) is 0 Å². The summed E-state index contributed by atoms with van der Waals surface area (Å²) in [5, 5.41) is 5.61. The molecule has 3 nitrogen and oxygen atoms in total. The molecule has 0 aliphatic heterocycles. The van der Waals surface area contributed by atoms with Gasteiger partial charge in [-0.25, -0.2) is 0 Å². The molecular formula is C16H18N2O. The third-order valence-electron chi connectivity index (χ3n) is 3.89. The van der Waals surface area contributed by atoms with E-state index in [2.05, 4.69) is 17.4 Å². The maximum absolute atomic E-state index is 12.0. The van der Waals surface area contributed by atoms with E-state index in [-0.39, 0.29) is 5.91 Å². The van der Waals surface area contributed by atoms with E-state index in [9.17, 15) is 4.79 Å². The van der Waals surface area contributed by atoms with Crippen molar-refractivity contribution in [1.82, 2.24) is 5.32 Å². The minimum atomic E-state index is -0.804. The van der Waals surface area contributed by atoms with E-state index in [1.165, 1.54) is 0 Å². The first-order chi connectivity index (χ1) is 9.11. The van der Waals surface area contributed by atoms with Crippen LogP contribution in [0.25, 0.3) is 10.8 Å². The Kier molecular flexibility index (Phi) is 2.79. The van der Waals surface area contributed by atoms with Gasteiger partial charge in [0.1, 0.15) is 5.54 Å². The van der Waals surface area contributed by atoms with Crippen molar-refractivity contribution in [3.05, 3.63) is 48.0 Å². The molecule has 0 heterocycles. The molecule has 0 saturated heterocycles. The van der Waals surface area contributed by atoms with Gasteiger partial charge in [0.15, 0.2) is 0 Å². The lowest BCUT2D eigenvalue weighted by molar-refractivity contribution is -0.124.